The lowest BCUT2D eigenvalue weighted by Gasteiger charge is -2.17. The quantitative estimate of drug-likeness (QED) is 0.121. The van der Waals surface area contributed by atoms with E-state index in [1.54, 1.807) is 24.3 Å². The van der Waals surface area contributed by atoms with Crippen LogP contribution in [0.2, 0.25) is 10.0 Å². The summed E-state index contributed by atoms with van der Waals surface area (Å²) in [5.41, 5.74) is 4.28. The van der Waals surface area contributed by atoms with Gasteiger partial charge in [-0.15, -0.1) is 10.2 Å². The Bertz CT molecular complexity index is 1440. The minimum atomic E-state index is -0.656. The molecule has 1 aromatic heterocycles. The van der Waals surface area contributed by atoms with Crippen LogP contribution in [0.25, 0.3) is 5.69 Å². The smallest absolute Gasteiger partial charge is 0.220 e. The molecule has 0 spiro atoms. The Hall–Kier alpha value is -3.14. The fraction of sp³-hybridized carbons (Fsp3) is 0.231. The minimum Gasteiger partial charge on any atom is -0.486 e. The number of hydrogen-bond acceptors (Lipinski definition) is 6. The van der Waals surface area contributed by atoms with Gasteiger partial charge in [-0.05, 0) is 79.4 Å². The number of aromatic nitrogens is 3. The number of rotatable bonds is 9. The van der Waals surface area contributed by atoms with Crippen molar-refractivity contribution in [2.24, 2.45) is 0 Å². The van der Waals surface area contributed by atoms with E-state index >= 15 is 0 Å². The molecule has 0 N–H and O–H groups in total. The molecule has 0 saturated carbocycles. The van der Waals surface area contributed by atoms with E-state index in [1.165, 1.54) is 23.9 Å². The normalized spacial score (nSPS) is 11.9. The second-order valence-electron chi connectivity index (χ2n) is 8.49. The predicted molar refractivity (Wildman–Crippen MR) is 143 cm³/mol. The molecule has 3 aromatic carbocycles. The molecule has 0 aliphatic rings. The fourth-order valence-electron chi connectivity index (χ4n) is 3.74. The molecule has 4 rings (SSSR count). The van der Waals surface area contributed by atoms with Gasteiger partial charge in [0.25, 0.3) is 0 Å². The van der Waals surface area contributed by atoms with E-state index in [0.29, 0.717) is 22.1 Å². The summed E-state index contributed by atoms with van der Waals surface area (Å²) in [7, 11) is 0. The number of halogens is 3. The van der Waals surface area contributed by atoms with Gasteiger partial charge in [-0.1, -0.05) is 53.2 Å². The topological polar surface area (TPSA) is 83.1 Å². The summed E-state index contributed by atoms with van der Waals surface area (Å²) in [5, 5.41) is 20.3. The molecule has 0 aliphatic carbocycles. The Kier molecular flexibility index (Phi) is 8.36. The number of ether oxygens (including phenoxy) is 1. The van der Waals surface area contributed by atoms with Gasteiger partial charge in [0.1, 0.15) is 23.5 Å². The molecule has 0 aliphatic heterocycles. The molecular formula is C26H23Cl2FN4O3S. The minimum absolute atomic E-state index is 0.0575. The van der Waals surface area contributed by atoms with Crippen LogP contribution in [0.1, 0.15) is 33.3 Å². The van der Waals surface area contributed by atoms with Gasteiger partial charge in [-0.25, -0.2) is 4.39 Å². The number of thioether (sulfide) groups is 1. The van der Waals surface area contributed by atoms with Crippen molar-refractivity contribution in [1.29, 1.82) is 0 Å². The Balaban J connectivity index is 1.63. The molecular weight excluding hydrogens is 538 g/mol. The second kappa shape index (κ2) is 11.5. The van der Waals surface area contributed by atoms with Crippen LogP contribution >= 0.6 is 35.0 Å². The molecule has 11 heteroatoms. The van der Waals surface area contributed by atoms with Crippen molar-refractivity contribution in [3.05, 3.63) is 109 Å². The highest BCUT2D eigenvalue weighted by Gasteiger charge is 2.26. The Labute approximate surface area is 227 Å². The number of aryl methyl sites for hydroxylation is 3. The number of hydrogen-bond donors (Lipinski definition) is 0. The zero-order valence-electron chi connectivity index (χ0n) is 20.2. The highest BCUT2D eigenvalue weighted by Crippen LogP contribution is 2.42. The molecule has 192 valence electrons. The largest absolute Gasteiger partial charge is 0.486 e. The van der Waals surface area contributed by atoms with Crippen LogP contribution in [-0.2, 0) is 6.61 Å². The van der Waals surface area contributed by atoms with Gasteiger partial charge in [0.15, 0.2) is 10.9 Å². The van der Waals surface area contributed by atoms with Crippen LogP contribution in [0.15, 0.2) is 59.8 Å². The van der Waals surface area contributed by atoms with Crippen LogP contribution in [0.3, 0.4) is 0 Å². The van der Waals surface area contributed by atoms with Crippen molar-refractivity contribution in [3.8, 4) is 11.4 Å². The van der Waals surface area contributed by atoms with Gasteiger partial charge in [0, 0.05) is 10.6 Å². The van der Waals surface area contributed by atoms with Crippen molar-refractivity contribution in [2.75, 3.05) is 6.54 Å². The maximum absolute atomic E-state index is 13.5. The standard InChI is InChI=1S/C26H23Cl2FN4O3S/c1-15-7-8-21(9-16(15)2)33-17(3)30-31-26(33)37-24(13-32(34)35)19-11-22(27)25(23(28)12-19)36-14-18-5-4-6-20(29)10-18/h4-12,24H,13-14H2,1-3H3/t24-/m1/s1. The third-order valence-corrected chi connectivity index (χ3v) is 7.51. The molecule has 1 heterocycles. The monoisotopic (exact) mass is 560 g/mol. The van der Waals surface area contributed by atoms with Crippen LogP contribution in [0.5, 0.6) is 5.75 Å². The molecule has 0 saturated heterocycles. The lowest BCUT2D eigenvalue weighted by Crippen LogP contribution is -2.11. The summed E-state index contributed by atoms with van der Waals surface area (Å²) >= 11 is 14.2. The molecule has 0 radical (unpaired) electrons. The van der Waals surface area contributed by atoms with Crippen LogP contribution in [0.4, 0.5) is 4.39 Å². The van der Waals surface area contributed by atoms with Crippen molar-refractivity contribution >= 4 is 35.0 Å². The van der Waals surface area contributed by atoms with Gasteiger partial charge < -0.3 is 4.74 Å². The van der Waals surface area contributed by atoms with E-state index in [2.05, 4.69) is 10.2 Å². The SMILES string of the molecule is Cc1ccc(-n2c(C)nnc2S[C@H](C[N+](=O)[O-])c2cc(Cl)c(OCc3cccc(F)c3)c(Cl)c2)cc1C. The van der Waals surface area contributed by atoms with E-state index in [0.717, 1.165) is 16.8 Å². The third kappa shape index (κ3) is 6.41. The maximum atomic E-state index is 13.5. The van der Waals surface area contributed by atoms with Gasteiger partial charge in [-0.2, -0.15) is 0 Å². The summed E-state index contributed by atoms with van der Waals surface area (Å²) in [6, 6.07) is 15.2. The highest BCUT2D eigenvalue weighted by molar-refractivity contribution is 7.99. The molecule has 7 nitrogen and oxygen atoms in total. The highest BCUT2D eigenvalue weighted by atomic mass is 35.5. The Morgan fingerprint density at radius 1 is 1.05 bits per heavy atom. The van der Waals surface area contributed by atoms with Crippen molar-refractivity contribution < 1.29 is 14.1 Å². The van der Waals surface area contributed by atoms with Gasteiger partial charge in [0.05, 0.1) is 10.0 Å². The molecule has 0 bridgehead atoms. The van der Waals surface area contributed by atoms with Crippen molar-refractivity contribution in [1.82, 2.24) is 14.8 Å². The molecule has 4 aromatic rings. The van der Waals surface area contributed by atoms with E-state index < -0.39 is 10.2 Å². The van der Waals surface area contributed by atoms with Gasteiger partial charge in [0.2, 0.25) is 6.54 Å². The summed E-state index contributed by atoms with van der Waals surface area (Å²) < 4.78 is 21.1. The molecule has 0 unspecified atom stereocenters. The zero-order valence-corrected chi connectivity index (χ0v) is 22.6. The van der Waals surface area contributed by atoms with E-state index in [9.17, 15) is 14.5 Å². The maximum Gasteiger partial charge on any atom is 0.220 e. The number of nitro groups is 1. The van der Waals surface area contributed by atoms with E-state index in [4.69, 9.17) is 27.9 Å². The first kappa shape index (κ1) is 26.9. The van der Waals surface area contributed by atoms with Crippen LogP contribution < -0.4 is 4.74 Å². The molecule has 37 heavy (non-hydrogen) atoms. The van der Waals surface area contributed by atoms with Gasteiger partial charge >= 0.3 is 0 Å². The average molecular weight is 561 g/mol. The average Bonchev–Trinajstić information content (AvgIpc) is 3.19. The predicted octanol–water partition coefficient (Wildman–Crippen LogP) is 7.33. The fourth-order valence-corrected chi connectivity index (χ4v) is 5.51. The third-order valence-electron chi connectivity index (χ3n) is 5.77. The number of benzene rings is 3. The Morgan fingerprint density at radius 2 is 1.78 bits per heavy atom. The van der Waals surface area contributed by atoms with Gasteiger partial charge in [-0.3, -0.25) is 14.7 Å². The van der Waals surface area contributed by atoms with Crippen molar-refractivity contribution in [2.45, 2.75) is 37.8 Å². The first-order valence-corrected chi connectivity index (χ1v) is 12.9. The lowest BCUT2D eigenvalue weighted by atomic mass is 10.1. The first-order chi connectivity index (χ1) is 17.6. The van der Waals surface area contributed by atoms with E-state index in [1.807, 2.05) is 43.5 Å². The van der Waals surface area contributed by atoms with E-state index in [-0.39, 0.29) is 34.8 Å². The molecule has 0 amide bonds. The van der Waals surface area contributed by atoms with Crippen LogP contribution in [-0.4, -0.2) is 26.2 Å². The Morgan fingerprint density at radius 3 is 2.43 bits per heavy atom. The molecule has 0 fully saturated rings. The molecule has 1 atom stereocenters. The second-order valence-corrected chi connectivity index (χ2v) is 10.5. The number of nitrogens with zero attached hydrogens (tertiary/aromatic N) is 4. The van der Waals surface area contributed by atoms with Crippen molar-refractivity contribution in [3.63, 3.8) is 0 Å². The summed E-state index contributed by atoms with van der Waals surface area (Å²) in [5.74, 6) is 0.496. The van der Waals surface area contributed by atoms with Crippen LogP contribution in [0, 0.1) is 36.7 Å². The summed E-state index contributed by atoms with van der Waals surface area (Å²) in [4.78, 5) is 11.2. The zero-order chi connectivity index (χ0) is 26.7. The summed E-state index contributed by atoms with van der Waals surface area (Å²) in [6.45, 7) is 5.54. The first-order valence-electron chi connectivity index (χ1n) is 11.3. The lowest BCUT2D eigenvalue weighted by molar-refractivity contribution is -0.479. The summed E-state index contributed by atoms with van der Waals surface area (Å²) in [6.07, 6.45) is 0.